The van der Waals surface area contributed by atoms with Gasteiger partial charge in [-0.3, -0.25) is 4.98 Å². The molecule has 2 aromatic heterocycles. The maximum Gasteiger partial charge on any atom is 0.433 e. The molecule has 0 aliphatic heterocycles. The molecule has 0 bridgehead atoms. The van der Waals surface area contributed by atoms with Gasteiger partial charge < -0.3 is 10.1 Å². The summed E-state index contributed by atoms with van der Waals surface area (Å²) in [4.78, 5) is 7.76. The predicted molar refractivity (Wildman–Crippen MR) is 92.7 cm³/mol. The lowest BCUT2D eigenvalue weighted by molar-refractivity contribution is -0.141. The van der Waals surface area contributed by atoms with Crippen molar-refractivity contribution in [3.8, 4) is 11.5 Å². The molecule has 0 radical (unpaired) electrons. The van der Waals surface area contributed by atoms with E-state index in [0.717, 1.165) is 23.2 Å². The summed E-state index contributed by atoms with van der Waals surface area (Å²) in [7, 11) is 0. The van der Waals surface area contributed by atoms with Gasteiger partial charge in [0.05, 0.1) is 6.20 Å². The van der Waals surface area contributed by atoms with Gasteiger partial charge in [0.2, 0.25) is 0 Å². The maximum absolute atomic E-state index is 12.6. The Morgan fingerprint density at radius 1 is 1.12 bits per heavy atom. The minimum atomic E-state index is -4.48. The van der Waals surface area contributed by atoms with Gasteiger partial charge in [0.1, 0.15) is 17.0 Å². The quantitative estimate of drug-likeness (QED) is 0.691. The third kappa shape index (κ3) is 3.93. The van der Waals surface area contributed by atoms with E-state index in [1.54, 1.807) is 12.3 Å². The molecule has 0 fully saturated rings. The molecule has 0 amide bonds. The summed E-state index contributed by atoms with van der Waals surface area (Å²) in [6.45, 7) is 2.54. The molecule has 26 heavy (non-hydrogen) atoms. The van der Waals surface area contributed by atoms with E-state index < -0.39 is 11.9 Å². The molecule has 3 aromatic rings. The van der Waals surface area contributed by atoms with Crippen LogP contribution in [-0.2, 0) is 12.7 Å². The second-order valence-corrected chi connectivity index (χ2v) is 5.48. The number of pyridine rings is 2. The highest BCUT2D eigenvalue weighted by atomic mass is 19.4. The third-order valence-corrected chi connectivity index (χ3v) is 3.65. The Labute approximate surface area is 148 Å². The van der Waals surface area contributed by atoms with Gasteiger partial charge in [-0.1, -0.05) is 18.2 Å². The Morgan fingerprint density at radius 3 is 2.65 bits per heavy atom. The smallest absolute Gasteiger partial charge is 0.433 e. The number of hydrogen-bond donors (Lipinski definition) is 1. The molecule has 0 atom stereocenters. The van der Waals surface area contributed by atoms with Crippen molar-refractivity contribution in [1.29, 1.82) is 0 Å². The minimum Gasteiger partial charge on any atom is -0.453 e. The van der Waals surface area contributed by atoms with Gasteiger partial charge in [0.25, 0.3) is 0 Å². The van der Waals surface area contributed by atoms with Crippen LogP contribution in [-0.4, -0.2) is 9.97 Å². The topological polar surface area (TPSA) is 47.0 Å². The van der Waals surface area contributed by atoms with Gasteiger partial charge in [-0.05, 0) is 43.0 Å². The first-order chi connectivity index (χ1) is 12.5. The monoisotopic (exact) mass is 359 g/mol. The summed E-state index contributed by atoms with van der Waals surface area (Å²) in [6.07, 6.45) is 1.97. The molecule has 1 aromatic carbocycles. The van der Waals surface area contributed by atoms with Gasteiger partial charge in [0.15, 0.2) is 5.75 Å². The number of alkyl halides is 3. The van der Waals surface area contributed by atoms with Crippen molar-refractivity contribution >= 4 is 10.9 Å². The summed E-state index contributed by atoms with van der Waals surface area (Å²) >= 11 is 0. The largest absolute Gasteiger partial charge is 0.453 e. The van der Waals surface area contributed by atoms with Crippen LogP contribution >= 0.6 is 0 Å². The highest BCUT2D eigenvalue weighted by Crippen LogP contribution is 2.32. The Balaban J connectivity index is 1.90. The first-order valence-corrected chi connectivity index (χ1v) is 7.91. The van der Waals surface area contributed by atoms with Gasteiger partial charge in [-0.25, -0.2) is 4.98 Å². The number of fused-ring (bicyclic) bond motifs is 1. The molecule has 0 spiro atoms. The first kappa shape index (κ1) is 17.7. The lowest BCUT2D eigenvalue weighted by atomic mass is 10.1. The Morgan fingerprint density at radius 2 is 1.96 bits per heavy atom. The minimum absolute atomic E-state index is 0.213. The molecule has 7 heteroatoms. The fourth-order valence-electron chi connectivity index (χ4n) is 2.46. The van der Waals surface area contributed by atoms with Crippen LogP contribution in [0.3, 0.4) is 0 Å². The molecule has 134 valence electrons. The van der Waals surface area contributed by atoms with Crippen molar-refractivity contribution in [2.75, 3.05) is 0 Å². The number of nitrogens with one attached hydrogen (secondary N) is 1. The molecule has 0 saturated carbocycles. The van der Waals surface area contributed by atoms with Gasteiger partial charge in [-0.15, -0.1) is 0 Å². The lowest BCUT2D eigenvalue weighted by Crippen LogP contribution is -2.07. The summed E-state index contributed by atoms with van der Waals surface area (Å²) in [5, 5.41) is 4.07. The van der Waals surface area contributed by atoms with Gasteiger partial charge in [0, 0.05) is 18.1 Å². The standard InChI is InChI=1S/C19H16F3N3O/c1-2-9-23-11-13-5-7-16(18-15(13)4-3-10-24-18)26-14-6-8-17(25-12-14)19(20,21)22/h2-10,12,23H,11H2,1H3. The van der Waals surface area contributed by atoms with E-state index >= 15 is 0 Å². The molecule has 0 saturated heterocycles. The van der Waals surface area contributed by atoms with Crippen LogP contribution in [0.5, 0.6) is 11.5 Å². The van der Waals surface area contributed by atoms with E-state index in [1.807, 2.05) is 37.4 Å². The SMILES string of the molecule is CC=CNCc1ccc(Oc2ccc(C(F)(F)F)nc2)c2ncccc12. The number of aromatic nitrogens is 2. The van der Waals surface area contributed by atoms with Crippen molar-refractivity contribution in [3.05, 3.63) is 72.3 Å². The van der Waals surface area contributed by atoms with E-state index in [2.05, 4.69) is 15.3 Å². The molecular weight excluding hydrogens is 343 g/mol. The molecule has 0 unspecified atom stereocenters. The van der Waals surface area contributed by atoms with Gasteiger partial charge in [-0.2, -0.15) is 13.2 Å². The number of halogens is 3. The van der Waals surface area contributed by atoms with Crippen molar-refractivity contribution in [3.63, 3.8) is 0 Å². The average Bonchev–Trinajstić information content (AvgIpc) is 2.63. The number of allylic oxidation sites excluding steroid dienone is 1. The fourth-order valence-corrected chi connectivity index (χ4v) is 2.46. The Kier molecular flexibility index (Phi) is 5.06. The Hall–Kier alpha value is -3.09. The number of ether oxygens (including phenoxy) is 1. The number of benzene rings is 1. The third-order valence-electron chi connectivity index (χ3n) is 3.65. The average molecular weight is 359 g/mol. The maximum atomic E-state index is 12.6. The summed E-state index contributed by atoms with van der Waals surface area (Å²) in [5.41, 5.74) is 0.703. The zero-order valence-electron chi connectivity index (χ0n) is 13.9. The zero-order valence-corrected chi connectivity index (χ0v) is 13.9. The van der Waals surface area contributed by atoms with Crippen molar-refractivity contribution in [2.45, 2.75) is 19.6 Å². The van der Waals surface area contributed by atoms with Crippen molar-refractivity contribution < 1.29 is 17.9 Å². The van der Waals surface area contributed by atoms with E-state index in [9.17, 15) is 13.2 Å². The number of hydrogen-bond acceptors (Lipinski definition) is 4. The van der Waals surface area contributed by atoms with Crippen LogP contribution in [0.1, 0.15) is 18.2 Å². The normalized spacial score (nSPS) is 11.8. The van der Waals surface area contributed by atoms with Crippen LogP contribution in [0.4, 0.5) is 13.2 Å². The van der Waals surface area contributed by atoms with E-state index in [4.69, 9.17) is 4.74 Å². The molecule has 3 rings (SSSR count). The molecule has 4 nitrogen and oxygen atoms in total. The highest BCUT2D eigenvalue weighted by molar-refractivity contribution is 5.87. The van der Waals surface area contributed by atoms with E-state index in [1.165, 1.54) is 6.07 Å². The van der Waals surface area contributed by atoms with E-state index in [0.29, 0.717) is 17.8 Å². The fraction of sp³-hybridized carbons (Fsp3) is 0.158. The van der Waals surface area contributed by atoms with Crippen LogP contribution in [0.15, 0.2) is 61.1 Å². The van der Waals surface area contributed by atoms with Crippen LogP contribution < -0.4 is 10.1 Å². The van der Waals surface area contributed by atoms with Crippen LogP contribution in [0.25, 0.3) is 10.9 Å². The summed E-state index contributed by atoms with van der Waals surface area (Å²) < 4.78 is 43.5. The molecule has 0 aliphatic rings. The highest BCUT2D eigenvalue weighted by Gasteiger charge is 2.32. The summed E-state index contributed by atoms with van der Waals surface area (Å²) in [5.74, 6) is 0.668. The van der Waals surface area contributed by atoms with Crippen molar-refractivity contribution in [1.82, 2.24) is 15.3 Å². The van der Waals surface area contributed by atoms with Crippen LogP contribution in [0.2, 0.25) is 0 Å². The molecule has 0 aliphatic carbocycles. The molecular formula is C19H16F3N3O. The second kappa shape index (κ2) is 7.43. The lowest BCUT2D eigenvalue weighted by Gasteiger charge is -2.12. The first-order valence-electron chi connectivity index (χ1n) is 7.91. The van der Waals surface area contributed by atoms with Gasteiger partial charge >= 0.3 is 6.18 Å². The number of rotatable bonds is 5. The molecule has 1 N–H and O–H groups in total. The Bertz CT molecular complexity index is 921. The van der Waals surface area contributed by atoms with Crippen LogP contribution in [0, 0.1) is 0 Å². The summed E-state index contributed by atoms with van der Waals surface area (Å²) in [6, 6.07) is 9.53. The van der Waals surface area contributed by atoms with Crippen molar-refractivity contribution in [2.24, 2.45) is 0 Å². The zero-order chi connectivity index (χ0) is 18.6. The second-order valence-electron chi connectivity index (χ2n) is 5.48. The van der Waals surface area contributed by atoms with E-state index in [-0.39, 0.29) is 5.75 Å². The molecule has 2 heterocycles. The number of nitrogens with zero attached hydrogens (tertiary/aromatic N) is 2. The predicted octanol–water partition coefficient (Wildman–Crippen LogP) is 5.06.